The smallest absolute Gasteiger partial charge is 0.373 e. The van der Waals surface area contributed by atoms with Crippen molar-refractivity contribution < 1.29 is 13.9 Å². The molecule has 0 saturated carbocycles. The van der Waals surface area contributed by atoms with Gasteiger partial charge in [0.2, 0.25) is 5.76 Å². The number of carbonyl (C=O) groups excluding carboxylic acids is 1. The molecule has 2 heterocycles. The molecule has 2 aromatic rings. The summed E-state index contributed by atoms with van der Waals surface area (Å²) in [6.07, 6.45) is 0. The quantitative estimate of drug-likeness (QED) is 0.858. The van der Waals surface area contributed by atoms with Crippen molar-refractivity contribution in [1.82, 2.24) is 5.32 Å². The van der Waals surface area contributed by atoms with Crippen LogP contribution >= 0.6 is 11.3 Å². The van der Waals surface area contributed by atoms with Crippen molar-refractivity contribution in [3.63, 3.8) is 0 Å². The van der Waals surface area contributed by atoms with Gasteiger partial charge in [-0.05, 0) is 44.2 Å². The second-order valence-electron chi connectivity index (χ2n) is 4.57. The normalized spacial score (nSPS) is 12.4. The first kappa shape index (κ1) is 14.8. The van der Waals surface area contributed by atoms with Crippen molar-refractivity contribution >= 4 is 17.3 Å². The second kappa shape index (κ2) is 6.24. The number of hydrogen-bond donors (Lipinski definition) is 1. The Morgan fingerprint density at radius 3 is 2.75 bits per heavy atom. The Labute approximate surface area is 122 Å². The van der Waals surface area contributed by atoms with Gasteiger partial charge in [0.1, 0.15) is 11.8 Å². The first-order valence-electron chi connectivity index (χ1n) is 6.55. The van der Waals surface area contributed by atoms with Gasteiger partial charge in [-0.1, -0.05) is 6.92 Å². The molecule has 0 aromatic carbocycles. The molecule has 0 aliphatic carbocycles. The molecule has 108 valence electrons. The van der Waals surface area contributed by atoms with Crippen LogP contribution in [0.3, 0.4) is 0 Å². The molecular weight excluding hydrogens is 274 g/mol. The number of rotatable bonds is 5. The molecule has 1 N–H and O–H groups in total. The summed E-state index contributed by atoms with van der Waals surface area (Å²) in [4.78, 5) is 13.9. The van der Waals surface area contributed by atoms with E-state index in [9.17, 15) is 4.79 Å². The van der Waals surface area contributed by atoms with Crippen molar-refractivity contribution in [1.29, 1.82) is 0 Å². The van der Waals surface area contributed by atoms with E-state index in [1.165, 1.54) is 22.4 Å². The minimum absolute atomic E-state index is 0.0317. The molecule has 0 aliphatic rings. The lowest BCUT2D eigenvalue weighted by molar-refractivity contribution is 0.0562. The molecule has 0 fully saturated rings. The van der Waals surface area contributed by atoms with E-state index in [0.29, 0.717) is 0 Å². The van der Waals surface area contributed by atoms with Crippen LogP contribution in [0.4, 0.5) is 0 Å². The van der Waals surface area contributed by atoms with Gasteiger partial charge >= 0.3 is 5.97 Å². The summed E-state index contributed by atoms with van der Waals surface area (Å²) in [6, 6.07) is 5.60. The van der Waals surface area contributed by atoms with Gasteiger partial charge in [0.05, 0.1) is 7.11 Å². The monoisotopic (exact) mass is 293 g/mol. The Balaban J connectivity index is 2.33. The average molecular weight is 293 g/mol. The number of hydrogen-bond acceptors (Lipinski definition) is 5. The molecule has 0 aliphatic heterocycles. The number of esters is 1. The maximum absolute atomic E-state index is 11.5. The maximum Gasteiger partial charge on any atom is 0.373 e. The standard InChI is InChI=1S/C15H19NO3S/c1-5-16-14(13-8-9(2)10(3)20-13)11-6-7-12(19-11)15(17)18-4/h6-8,14,16H,5H2,1-4H3. The summed E-state index contributed by atoms with van der Waals surface area (Å²) in [6.45, 7) is 7.06. The van der Waals surface area contributed by atoms with E-state index in [1.54, 1.807) is 17.4 Å². The van der Waals surface area contributed by atoms with Crippen molar-refractivity contribution in [2.75, 3.05) is 13.7 Å². The highest BCUT2D eigenvalue weighted by Crippen LogP contribution is 2.31. The Bertz CT molecular complexity index is 581. The Hall–Kier alpha value is -1.59. The molecule has 0 bridgehead atoms. The van der Waals surface area contributed by atoms with E-state index in [2.05, 4.69) is 30.0 Å². The molecule has 1 atom stereocenters. The van der Waals surface area contributed by atoms with Gasteiger partial charge in [0.15, 0.2) is 0 Å². The number of thiophene rings is 1. The van der Waals surface area contributed by atoms with E-state index < -0.39 is 5.97 Å². The molecule has 4 nitrogen and oxygen atoms in total. The number of ether oxygens (including phenoxy) is 1. The third-order valence-electron chi connectivity index (χ3n) is 3.18. The highest BCUT2D eigenvalue weighted by atomic mass is 32.1. The fourth-order valence-corrected chi connectivity index (χ4v) is 3.13. The van der Waals surface area contributed by atoms with Crippen LogP contribution in [0.2, 0.25) is 0 Å². The predicted octanol–water partition coefficient (Wildman–Crippen LogP) is 3.44. The van der Waals surface area contributed by atoms with Gasteiger partial charge in [-0.15, -0.1) is 11.3 Å². The maximum atomic E-state index is 11.5. The van der Waals surface area contributed by atoms with Gasteiger partial charge in [0.25, 0.3) is 0 Å². The van der Waals surface area contributed by atoms with Crippen LogP contribution in [0.25, 0.3) is 0 Å². The SMILES string of the molecule is CCNC(c1ccc(C(=O)OC)o1)c1cc(C)c(C)s1. The fourth-order valence-electron chi connectivity index (χ4n) is 2.01. The van der Waals surface area contributed by atoms with Crippen molar-refractivity contribution in [3.8, 4) is 0 Å². The molecule has 2 aromatic heterocycles. The topological polar surface area (TPSA) is 51.5 Å². The van der Waals surface area contributed by atoms with Gasteiger partial charge in [-0.3, -0.25) is 0 Å². The summed E-state index contributed by atoms with van der Waals surface area (Å²) in [5, 5.41) is 3.39. The molecule has 0 saturated heterocycles. The van der Waals surface area contributed by atoms with Crippen molar-refractivity contribution in [3.05, 3.63) is 45.0 Å². The van der Waals surface area contributed by atoms with Crippen LogP contribution in [0.1, 0.15) is 44.6 Å². The van der Waals surface area contributed by atoms with Crippen LogP contribution in [-0.4, -0.2) is 19.6 Å². The van der Waals surface area contributed by atoms with Crippen molar-refractivity contribution in [2.24, 2.45) is 0 Å². The van der Waals surface area contributed by atoms with Gasteiger partial charge in [-0.2, -0.15) is 0 Å². The van der Waals surface area contributed by atoms with E-state index >= 15 is 0 Å². The lowest BCUT2D eigenvalue weighted by atomic mass is 10.1. The molecule has 0 spiro atoms. The van der Waals surface area contributed by atoms with E-state index in [-0.39, 0.29) is 11.8 Å². The minimum Gasteiger partial charge on any atom is -0.463 e. The Morgan fingerprint density at radius 2 is 2.20 bits per heavy atom. The number of methoxy groups -OCH3 is 1. The zero-order chi connectivity index (χ0) is 14.7. The minimum atomic E-state index is -0.454. The summed E-state index contributed by atoms with van der Waals surface area (Å²) in [5.41, 5.74) is 1.27. The highest BCUT2D eigenvalue weighted by Gasteiger charge is 2.21. The first-order valence-corrected chi connectivity index (χ1v) is 7.36. The van der Waals surface area contributed by atoms with E-state index in [1.807, 2.05) is 13.0 Å². The van der Waals surface area contributed by atoms with Gasteiger partial charge in [-0.25, -0.2) is 4.79 Å². The summed E-state index contributed by atoms with van der Waals surface area (Å²) in [7, 11) is 1.35. The van der Waals surface area contributed by atoms with E-state index in [4.69, 9.17) is 4.42 Å². The van der Waals surface area contributed by atoms with Crippen LogP contribution in [0.15, 0.2) is 22.6 Å². The largest absolute Gasteiger partial charge is 0.463 e. The molecule has 20 heavy (non-hydrogen) atoms. The number of furan rings is 1. The molecule has 1 unspecified atom stereocenters. The predicted molar refractivity (Wildman–Crippen MR) is 79.4 cm³/mol. The van der Waals surface area contributed by atoms with Gasteiger partial charge in [0, 0.05) is 9.75 Å². The summed E-state index contributed by atoms with van der Waals surface area (Å²) < 4.78 is 10.3. The van der Waals surface area contributed by atoms with Crippen molar-refractivity contribution in [2.45, 2.75) is 26.8 Å². The lowest BCUT2D eigenvalue weighted by Crippen LogP contribution is -2.20. The Morgan fingerprint density at radius 1 is 1.45 bits per heavy atom. The first-order chi connectivity index (χ1) is 9.56. The van der Waals surface area contributed by atoms with Gasteiger partial charge < -0.3 is 14.5 Å². The third-order valence-corrected chi connectivity index (χ3v) is 4.39. The Kier molecular flexibility index (Phi) is 4.62. The fraction of sp³-hybridized carbons (Fsp3) is 0.400. The lowest BCUT2D eigenvalue weighted by Gasteiger charge is -2.13. The third kappa shape index (κ3) is 2.94. The molecule has 0 amide bonds. The zero-order valence-electron chi connectivity index (χ0n) is 12.1. The number of nitrogens with one attached hydrogen (secondary N) is 1. The number of aryl methyl sites for hydroxylation is 2. The summed E-state index contributed by atoms with van der Waals surface area (Å²) in [5.74, 6) is 0.508. The van der Waals surface area contributed by atoms with E-state index in [0.717, 1.165) is 12.3 Å². The molecule has 2 rings (SSSR count). The molecular formula is C15H19NO3S. The van der Waals surface area contributed by atoms with Crippen LogP contribution in [0.5, 0.6) is 0 Å². The number of carbonyl (C=O) groups is 1. The highest BCUT2D eigenvalue weighted by molar-refractivity contribution is 7.12. The zero-order valence-corrected chi connectivity index (χ0v) is 13.0. The molecule has 0 radical (unpaired) electrons. The average Bonchev–Trinajstić information content (AvgIpc) is 3.03. The summed E-state index contributed by atoms with van der Waals surface area (Å²) >= 11 is 1.74. The second-order valence-corrected chi connectivity index (χ2v) is 5.86. The molecule has 5 heteroatoms. The van der Waals surface area contributed by atoms with Crippen LogP contribution in [0, 0.1) is 13.8 Å². The van der Waals surface area contributed by atoms with Crippen LogP contribution in [-0.2, 0) is 4.74 Å². The van der Waals surface area contributed by atoms with Crippen LogP contribution < -0.4 is 5.32 Å².